The summed E-state index contributed by atoms with van der Waals surface area (Å²) in [5.74, 6) is -1.45. The minimum absolute atomic E-state index is 0.0925. The van der Waals surface area contributed by atoms with E-state index < -0.39 is 23.6 Å². The number of carboxylic acids is 1. The maximum atomic E-state index is 11.1. The predicted octanol–water partition coefficient (Wildman–Crippen LogP) is 0.391. The average Bonchev–Trinajstić information content (AvgIpc) is 1.96. The number of ether oxygens (including phenoxy) is 1. The molecule has 0 aromatic heterocycles. The second kappa shape index (κ2) is 4.95. The highest BCUT2D eigenvalue weighted by atomic mass is 16.6. The van der Waals surface area contributed by atoms with E-state index in [2.05, 4.69) is 5.32 Å². The second-order valence-electron chi connectivity index (χ2n) is 4.03. The van der Waals surface area contributed by atoms with E-state index >= 15 is 0 Å². The maximum absolute atomic E-state index is 11.1. The molecule has 5 heteroatoms. The number of esters is 1. The lowest BCUT2D eigenvalue weighted by atomic mass is 10.2. The monoisotopic (exact) mass is 203 g/mol. The lowest BCUT2D eigenvalue weighted by Crippen LogP contribution is -2.39. The molecule has 0 aromatic rings. The van der Waals surface area contributed by atoms with E-state index in [9.17, 15) is 9.59 Å². The largest absolute Gasteiger partial charge is 0.480 e. The summed E-state index contributed by atoms with van der Waals surface area (Å²) in [6.07, 6.45) is 0. The Labute approximate surface area is 83.4 Å². The molecular weight excluding hydrogens is 186 g/mol. The van der Waals surface area contributed by atoms with Gasteiger partial charge in [0.15, 0.2) is 0 Å². The number of carbonyl (C=O) groups excluding carboxylic acids is 1. The fourth-order valence-corrected chi connectivity index (χ4v) is 0.701. The third-order valence-corrected chi connectivity index (χ3v) is 1.34. The zero-order valence-corrected chi connectivity index (χ0v) is 8.96. The molecule has 0 radical (unpaired) electrons. The first-order valence-electron chi connectivity index (χ1n) is 4.40. The molecule has 0 aromatic carbocycles. The molecule has 0 bridgehead atoms. The molecule has 1 unspecified atom stereocenters. The first-order chi connectivity index (χ1) is 6.22. The molecule has 0 amide bonds. The quantitative estimate of drug-likeness (QED) is 0.646. The fraction of sp³-hybridized carbons (Fsp3) is 0.778. The topological polar surface area (TPSA) is 75.6 Å². The van der Waals surface area contributed by atoms with E-state index in [1.165, 1.54) is 6.92 Å². The Hall–Kier alpha value is -1.10. The van der Waals surface area contributed by atoms with Crippen LogP contribution in [0.15, 0.2) is 0 Å². The lowest BCUT2D eigenvalue weighted by Gasteiger charge is -2.20. The first kappa shape index (κ1) is 12.9. The van der Waals surface area contributed by atoms with Gasteiger partial charge in [0.2, 0.25) is 0 Å². The molecule has 0 aliphatic heterocycles. The lowest BCUT2D eigenvalue weighted by molar-refractivity contribution is -0.153. The maximum Gasteiger partial charge on any atom is 0.320 e. The van der Waals surface area contributed by atoms with E-state index in [4.69, 9.17) is 9.84 Å². The average molecular weight is 203 g/mol. The fourth-order valence-electron chi connectivity index (χ4n) is 0.701. The summed E-state index contributed by atoms with van der Waals surface area (Å²) in [5, 5.41) is 11.0. The normalized spacial score (nSPS) is 13.4. The Morgan fingerprint density at radius 1 is 1.43 bits per heavy atom. The molecule has 5 nitrogen and oxygen atoms in total. The SMILES string of the molecule is CC(NCC(=O)OC(C)(C)C)C(=O)O. The molecule has 0 heterocycles. The number of rotatable bonds is 4. The van der Waals surface area contributed by atoms with Crippen molar-refractivity contribution in [3.63, 3.8) is 0 Å². The Bertz CT molecular complexity index is 219. The van der Waals surface area contributed by atoms with Gasteiger partial charge in [-0.25, -0.2) is 0 Å². The number of carboxylic acid groups (broad SMARTS) is 1. The zero-order valence-electron chi connectivity index (χ0n) is 8.96. The molecule has 0 fully saturated rings. The highest BCUT2D eigenvalue weighted by Crippen LogP contribution is 2.06. The third kappa shape index (κ3) is 6.42. The summed E-state index contributed by atoms with van der Waals surface area (Å²) in [6, 6.07) is -0.748. The van der Waals surface area contributed by atoms with Crippen molar-refractivity contribution in [2.24, 2.45) is 0 Å². The second-order valence-corrected chi connectivity index (χ2v) is 4.03. The van der Waals surface area contributed by atoms with Gasteiger partial charge in [-0.3, -0.25) is 14.9 Å². The smallest absolute Gasteiger partial charge is 0.320 e. The molecule has 82 valence electrons. The van der Waals surface area contributed by atoms with Crippen molar-refractivity contribution < 1.29 is 19.4 Å². The van der Waals surface area contributed by atoms with E-state index in [0.29, 0.717) is 0 Å². The van der Waals surface area contributed by atoms with Crippen molar-refractivity contribution in [3.05, 3.63) is 0 Å². The molecule has 2 N–H and O–H groups in total. The molecule has 0 saturated carbocycles. The Kier molecular flexibility index (Phi) is 4.56. The van der Waals surface area contributed by atoms with Gasteiger partial charge in [0.25, 0.3) is 0 Å². The standard InChI is InChI=1S/C9H17NO4/c1-6(8(12)13)10-5-7(11)14-9(2,3)4/h6,10H,5H2,1-4H3,(H,12,13). The van der Waals surface area contributed by atoms with Crippen LogP contribution >= 0.6 is 0 Å². The number of aliphatic carboxylic acids is 1. The van der Waals surface area contributed by atoms with Crippen LogP contribution in [0.5, 0.6) is 0 Å². The Morgan fingerprint density at radius 3 is 2.29 bits per heavy atom. The van der Waals surface area contributed by atoms with E-state index in [1.54, 1.807) is 20.8 Å². The van der Waals surface area contributed by atoms with Crippen LogP contribution < -0.4 is 5.32 Å². The molecule has 0 rings (SSSR count). The van der Waals surface area contributed by atoms with Gasteiger partial charge in [-0.05, 0) is 27.7 Å². The summed E-state index contributed by atoms with van der Waals surface area (Å²) in [5.41, 5.74) is -0.536. The van der Waals surface area contributed by atoms with Crippen LogP contribution in [0.25, 0.3) is 0 Å². The van der Waals surface area contributed by atoms with E-state index in [-0.39, 0.29) is 6.54 Å². The number of hydrogen-bond donors (Lipinski definition) is 2. The minimum atomic E-state index is -0.992. The summed E-state index contributed by atoms with van der Waals surface area (Å²) < 4.78 is 4.97. The van der Waals surface area contributed by atoms with Crippen molar-refractivity contribution in [1.82, 2.24) is 5.32 Å². The van der Waals surface area contributed by atoms with Crippen molar-refractivity contribution in [2.45, 2.75) is 39.3 Å². The molecule has 0 aliphatic carbocycles. The van der Waals surface area contributed by atoms with Crippen LogP contribution in [0.2, 0.25) is 0 Å². The van der Waals surface area contributed by atoms with Crippen LogP contribution in [0.1, 0.15) is 27.7 Å². The molecule has 0 saturated heterocycles. The van der Waals surface area contributed by atoms with E-state index in [0.717, 1.165) is 0 Å². The molecule has 1 atom stereocenters. The summed E-state index contributed by atoms with van der Waals surface area (Å²) in [6.45, 7) is 6.64. The van der Waals surface area contributed by atoms with Crippen LogP contribution in [0.4, 0.5) is 0 Å². The summed E-state index contributed by atoms with van der Waals surface area (Å²) in [4.78, 5) is 21.5. The Morgan fingerprint density at radius 2 is 1.93 bits per heavy atom. The first-order valence-corrected chi connectivity index (χ1v) is 4.40. The van der Waals surface area contributed by atoms with Gasteiger partial charge in [0, 0.05) is 0 Å². The predicted molar refractivity (Wildman–Crippen MR) is 50.9 cm³/mol. The number of hydrogen-bond acceptors (Lipinski definition) is 4. The van der Waals surface area contributed by atoms with Crippen molar-refractivity contribution in [2.75, 3.05) is 6.54 Å². The van der Waals surface area contributed by atoms with Gasteiger partial charge in [-0.1, -0.05) is 0 Å². The van der Waals surface area contributed by atoms with Gasteiger partial charge in [0.1, 0.15) is 11.6 Å². The highest BCUT2D eigenvalue weighted by molar-refractivity contribution is 5.76. The van der Waals surface area contributed by atoms with E-state index in [1.807, 2.05) is 0 Å². The van der Waals surface area contributed by atoms with Crippen LogP contribution in [-0.2, 0) is 14.3 Å². The van der Waals surface area contributed by atoms with Gasteiger partial charge in [-0.2, -0.15) is 0 Å². The van der Waals surface area contributed by atoms with Crippen LogP contribution in [-0.4, -0.2) is 35.2 Å². The Balaban J connectivity index is 3.81. The molecule has 0 aliphatic rings. The third-order valence-electron chi connectivity index (χ3n) is 1.34. The van der Waals surface area contributed by atoms with Crippen LogP contribution in [0.3, 0.4) is 0 Å². The van der Waals surface area contributed by atoms with Crippen molar-refractivity contribution >= 4 is 11.9 Å². The van der Waals surface area contributed by atoms with Crippen molar-refractivity contribution in [3.8, 4) is 0 Å². The van der Waals surface area contributed by atoms with Crippen molar-refractivity contribution in [1.29, 1.82) is 0 Å². The highest BCUT2D eigenvalue weighted by Gasteiger charge is 2.17. The summed E-state index contributed by atoms with van der Waals surface area (Å²) >= 11 is 0. The minimum Gasteiger partial charge on any atom is -0.480 e. The van der Waals surface area contributed by atoms with Crippen LogP contribution in [0, 0.1) is 0 Å². The molecule has 14 heavy (non-hydrogen) atoms. The van der Waals surface area contributed by atoms with Gasteiger partial charge in [0.05, 0.1) is 6.54 Å². The number of carbonyl (C=O) groups is 2. The molecule has 0 spiro atoms. The molecular formula is C9H17NO4. The zero-order chi connectivity index (χ0) is 11.4. The van der Waals surface area contributed by atoms with Gasteiger partial charge < -0.3 is 9.84 Å². The van der Waals surface area contributed by atoms with Gasteiger partial charge in [-0.15, -0.1) is 0 Å². The number of nitrogens with one attached hydrogen (secondary N) is 1. The van der Waals surface area contributed by atoms with Gasteiger partial charge >= 0.3 is 11.9 Å². The summed E-state index contributed by atoms with van der Waals surface area (Å²) in [7, 11) is 0.